The third-order valence-electron chi connectivity index (χ3n) is 3.23. The van der Waals surface area contributed by atoms with Crippen LogP contribution in [0.2, 0.25) is 0 Å². The summed E-state index contributed by atoms with van der Waals surface area (Å²) in [7, 11) is 1.94. The molecule has 2 nitrogen and oxygen atoms in total. The van der Waals surface area contributed by atoms with Gasteiger partial charge in [0.2, 0.25) is 5.91 Å². The van der Waals surface area contributed by atoms with Gasteiger partial charge in [0.15, 0.2) is 0 Å². The van der Waals surface area contributed by atoms with Crippen LogP contribution in [0.5, 0.6) is 0 Å². The fourth-order valence-electron chi connectivity index (χ4n) is 2.49. The minimum atomic E-state index is 0.317. The van der Waals surface area contributed by atoms with Crippen molar-refractivity contribution in [2.75, 3.05) is 7.05 Å². The highest BCUT2D eigenvalue weighted by atomic mass is 16.2. The molecule has 1 saturated heterocycles. The summed E-state index contributed by atoms with van der Waals surface area (Å²) in [4.78, 5) is 13.5. The zero-order valence-corrected chi connectivity index (χ0v) is 9.37. The van der Waals surface area contributed by atoms with E-state index in [4.69, 9.17) is 0 Å². The van der Waals surface area contributed by atoms with Gasteiger partial charge in [-0.15, -0.1) is 0 Å². The maximum Gasteiger partial charge on any atom is 0.222 e. The number of nitrogens with zero attached hydrogens (tertiary/aromatic N) is 1. The van der Waals surface area contributed by atoms with Crippen LogP contribution in [-0.4, -0.2) is 23.9 Å². The lowest BCUT2D eigenvalue weighted by atomic mass is 9.83. The lowest BCUT2D eigenvalue weighted by Crippen LogP contribution is -2.37. The molecule has 0 unspecified atom stereocenters. The minimum Gasteiger partial charge on any atom is -0.342 e. The fourth-order valence-corrected chi connectivity index (χ4v) is 2.49. The summed E-state index contributed by atoms with van der Waals surface area (Å²) in [6, 6.07) is 0.451. The molecule has 0 aromatic carbocycles. The molecule has 1 aliphatic heterocycles. The van der Waals surface area contributed by atoms with Crippen LogP contribution < -0.4 is 0 Å². The number of carbonyl (C=O) groups is 1. The molecular weight excluding hydrogens is 162 g/mol. The Morgan fingerprint density at radius 1 is 1.23 bits per heavy atom. The summed E-state index contributed by atoms with van der Waals surface area (Å²) in [6.45, 7) is 8.84. The standard InChI is InChI=1S/C11H21NO/c1-7(2)9-6-10(13)12(5)11(9)8(3)4/h7-9,11H,6H2,1-5H3/t9-,11+/m0/s1. The van der Waals surface area contributed by atoms with Crippen LogP contribution in [-0.2, 0) is 4.79 Å². The SMILES string of the molecule is CC(C)[C@@H]1[C@H](C(C)C)CC(=O)N1C. The van der Waals surface area contributed by atoms with E-state index in [0.717, 1.165) is 6.42 Å². The molecule has 1 rings (SSSR count). The molecule has 1 amide bonds. The number of hydrogen-bond donors (Lipinski definition) is 0. The molecule has 0 N–H and O–H groups in total. The Morgan fingerprint density at radius 3 is 2.08 bits per heavy atom. The molecule has 0 aliphatic carbocycles. The average Bonchev–Trinajstić information content (AvgIpc) is 2.28. The molecular formula is C11H21NO. The van der Waals surface area contributed by atoms with Gasteiger partial charge in [0, 0.05) is 19.5 Å². The average molecular weight is 183 g/mol. The van der Waals surface area contributed by atoms with Crippen molar-refractivity contribution >= 4 is 5.91 Å². The molecule has 0 bridgehead atoms. The van der Waals surface area contributed by atoms with Crippen LogP contribution in [0, 0.1) is 17.8 Å². The quantitative estimate of drug-likeness (QED) is 0.642. The van der Waals surface area contributed by atoms with Crippen molar-refractivity contribution in [1.29, 1.82) is 0 Å². The highest BCUT2D eigenvalue weighted by Gasteiger charge is 2.40. The molecule has 1 heterocycles. The van der Waals surface area contributed by atoms with Crippen molar-refractivity contribution in [3.63, 3.8) is 0 Å². The monoisotopic (exact) mass is 183 g/mol. The van der Waals surface area contributed by atoms with Crippen LogP contribution >= 0.6 is 0 Å². The minimum absolute atomic E-state index is 0.317. The highest BCUT2D eigenvalue weighted by Crippen LogP contribution is 2.34. The Hall–Kier alpha value is -0.530. The van der Waals surface area contributed by atoms with E-state index >= 15 is 0 Å². The number of hydrogen-bond acceptors (Lipinski definition) is 1. The molecule has 2 atom stereocenters. The molecule has 1 aliphatic rings. The lowest BCUT2D eigenvalue weighted by molar-refractivity contribution is -0.128. The first kappa shape index (κ1) is 10.6. The topological polar surface area (TPSA) is 20.3 Å². The van der Waals surface area contributed by atoms with Gasteiger partial charge in [-0.1, -0.05) is 27.7 Å². The van der Waals surface area contributed by atoms with Gasteiger partial charge in [0.25, 0.3) is 0 Å². The number of amides is 1. The first-order valence-corrected chi connectivity index (χ1v) is 5.20. The normalized spacial score (nSPS) is 29.5. The van der Waals surface area contributed by atoms with Crippen molar-refractivity contribution in [3.8, 4) is 0 Å². The molecule has 76 valence electrons. The third kappa shape index (κ3) is 1.87. The predicted molar refractivity (Wildman–Crippen MR) is 54.3 cm³/mol. The molecule has 0 aromatic rings. The molecule has 0 saturated carbocycles. The van der Waals surface area contributed by atoms with Crippen molar-refractivity contribution < 1.29 is 4.79 Å². The van der Waals surface area contributed by atoms with E-state index in [0.29, 0.717) is 29.7 Å². The molecule has 0 aromatic heterocycles. The van der Waals surface area contributed by atoms with Gasteiger partial charge < -0.3 is 4.90 Å². The van der Waals surface area contributed by atoms with Crippen LogP contribution in [0.1, 0.15) is 34.1 Å². The predicted octanol–water partition coefficient (Wildman–Crippen LogP) is 2.15. The maximum absolute atomic E-state index is 11.5. The largest absolute Gasteiger partial charge is 0.342 e. The van der Waals surface area contributed by atoms with Crippen molar-refractivity contribution in [2.24, 2.45) is 17.8 Å². The first-order valence-electron chi connectivity index (χ1n) is 5.20. The van der Waals surface area contributed by atoms with Crippen LogP contribution in [0.25, 0.3) is 0 Å². The Bertz CT molecular complexity index is 198. The summed E-state index contributed by atoms with van der Waals surface area (Å²) < 4.78 is 0. The lowest BCUT2D eigenvalue weighted by Gasteiger charge is -2.30. The van der Waals surface area contributed by atoms with Crippen LogP contribution in [0.3, 0.4) is 0 Å². The zero-order chi connectivity index (χ0) is 10.2. The Balaban J connectivity index is 2.80. The van der Waals surface area contributed by atoms with E-state index in [1.54, 1.807) is 0 Å². The van der Waals surface area contributed by atoms with E-state index in [1.165, 1.54) is 0 Å². The molecule has 13 heavy (non-hydrogen) atoms. The third-order valence-corrected chi connectivity index (χ3v) is 3.23. The van der Waals surface area contributed by atoms with E-state index in [1.807, 2.05) is 11.9 Å². The zero-order valence-electron chi connectivity index (χ0n) is 9.37. The second kappa shape index (κ2) is 3.69. The van der Waals surface area contributed by atoms with E-state index < -0.39 is 0 Å². The molecule has 0 radical (unpaired) electrons. The molecule has 1 fully saturated rings. The summed E-state index contributed by atoms with van der Waals surface area (Å²) >= 11 is 0. The molecule has 0 spiro atoms. The maximum atomic E-state index is 11.5. The molecule has 2 heteroatoms. The Labute approximate surface area is 81.3 Å². The number of carbonyl (C=O) groups excluding carboxylic acids is 1. The number of likely N-dealkylation sites (tertiary alicyclic amines) is 1. The second-order valence-corrected chi connectivity index (χ2v) is 4.85. The van der Waals surface area contributed by atoms with Gasteiger partial charge in [-0.25, -0.2) is 0 Å². The van der Waals surface area contributed by atoms with E-state index in [9.17, 15) is 4.79 Å². The van der Waals surface area contributed by atoms with Gasteiger partial charge in [-0.05, 0) is 17.8 Å². The Kier molecular flexibility index (Phi) is 2.99. The van der Waals surface area contributed by atoms with Crippen molar-refractivity contribution in [3.05, 3.63) is 0 Å². The second-order valence-electron chi connectivity index (χ2n) is 4.85. The van der Waals surface area contributed by atoms with Gasteiger partial charge in [-0.3, -0.25) is 4.79 Å². The van der Waals surface area contributed by atoms with Gasteiger partial charge in [0.1, 0.15) is 0 Å². The summed E-state index contributed by atoms with van der Waals surface area (Å²) in [5.41, 5.74) is 0. The fraction of sp³-hybridized carbons (Fsp3) is 0.909. The Morgan fingerprint density at radius 2 is 1.77 bits per heavy atom. The van der Waals surface area contributed by atoms with E-state index in [-0.39, 0.29) is 0 Å². The van der Waals surface area contributed by atoms with Gasteiger partial charge >= 0.3 is 0 Å². The van der Waals surface area contributed by atoms with Crippen LogP contribution in [0.4, 0.5) is 0 Å². The smallest absolute Gasteiger partial charge is 0.222 e. The summed E-state index contributed by atoms with van der Waals surface area (Å²) in [5.74, 6) is 2.06. The highest BCUT2D eigenvalue weighted by molar-refractivity contribution is 5.79. The summed E-state index contributed by atoms with van der Waals surface area (Å²) in [6.07, 6.45) is 0.747. The van der Waals surface area contributed by atoms with Gasteiger partial charge in [0.05, 0.1) is 0 Å². The van der Waals surface area contributed by atoms with Gasteiger partial charge in [-0.2, -0.15) is 0 Å². The summed E-state index contributed by atoms with van der Waals surface area (Å²) in [5, 5.41) is 0. The van der Waals surface area contributed by atoms with Crippen molar-refractivity contribution in [2.45, 2.75) is 40.2 Å². The van der Waals surface area contributed by atoms with E-state index in [2.05, 4.69) is 27.7 Å². The van der Waals surface area contributed by atoms with Crippen LogP contribution in [0.15, 0.2) is 0 Å². The number of rotatable bonds is 2. The van der Waals surface area contributed by atoms with Crippen molar-refractivity contribution in [1.82, 2.24) is 4.90 Å². The first-order chi connectivity index (χ1) is 5.95.